The second-order valence-corrected chi connectivity index (χ2v) is 2.86. The molecule has 0 aromatic rings. The van der Waals surface area contributed by atoms with E-state index in [4.69, 9.17) is 9.79 Å². The molecule has 0 spiro atoms. The zero-order valence-electron chi connectivity index (χ0n) is 6.01. The van der Waals surface area contributed by atoms with Crippen LogP contribution in [0.25, 0.3) is 0 Å². The van der Waals surface area contributed by atoms with Crippen molar-refractivity contribution >= 4 is 16.5 Å². The van der Waals surface area contributed by atoms with Crippen LogP contribution in [0.5, 0.6) is 0 Å². The molecule has 0 aromatic carbocycles. The number of rotatable bonds is 3. The molecule has 2 N–H and O–H groups in total. The Hall–Kier alpha value is -0.180. The van der Waals surface area contributed by atoms with E-state index in [1.54, 1.807) is 0 Å². The standard InChI is InChI=1S/C4H8.O5P2/c1-3-4-2;1-6(2)5-7(3)4/h3H,1,4H2,2H3;/p+2. The van der Waals surface area contributed by atoms with Gasteiger partial charge in [-0.25, -0.2) is 0 Å². The minimum atomic E-state index is -2.92. The van der Waals surface area contributed by atoms with Gasteiger partial charge in [-0.15, -0.1) is 16.4 Å². The lowest BCUT2D eigenvalue weighted by molar-refractivity contribution is 0.371. The molecule has 64 valence electrons. The first-order valence-corrected chi connectivity index (χ1v) is 4.91. The van der Waals surface area contributed by atoms with Crippen LogP contribution in [0.2, 0.25) is 0 Å². The monoisotopic (exact) mass is 200 g/mol. The molecular weight excluding hydrogens is 190 g/mol. The topological polar surface area (TPSA) is 83.8 Å². The molecule has 0 aliphatic rings. The third-order valence-electron chi connectivity index (χ3n) is 0.428. The van der Waals surface area contributed by atoms with Crippen molar-refractivity contribution in [2.75, 3.05) is 0 Å². The Morgan fingerprint density at radius 2 is 1.73 bits per heavy atom. The van der Waals surface area contributed by atoms with Gasteiger partial charge >= 0.3 is 16.5 Å². The summed E-state index contributed by atoms with van der Waals surface area (Å²) in [6.07, 6.45) is 2.96. The van der Waals surface area contributed by atoms with E-state index < -0.39 is 16.5 Å². The molecule has 0 aromatic heterocycles. The van der Waals surface area contributed by atoms with E-state index >= 15 is 0 Å². The highest BCUT2D eigenvalue weighted by atomic mass is 31.2. The van der Waals surface area contributed by atoms with E-state index in [1.165, 1.54) is 0 Å². The largest absolute Gasteiger partial charge is 0.745 e. The lowest BCUT2D eigenvalue weighted by Gasteiger charge is -1.57. The van der Waals surface area contributed by atoms with E-state index in [9.17, 15) is 9.13 Å². The van der Waals surface area contributed by atoms with Crippen LogP contribution in [-0.2, 0) is 13.4 Å². The second kappa shape index (κ2) is 9.82. The van der Waals surface area contributed by atoms with Gasteiger partial charge in [0.15, 0.2) is 4.31 Å². The van der Waals surface area contributed by atoms with Crippen LogP contribution in [0.15, 0.2) is 12.7 Å². The maximum absolute atomic E-state index is 9.39. The first kappa shape index (κ1) is 13.4. The zero-order valence-corrected chi connectivity index (χ0v) is 7.79. The highest BCUT2D eigenvalue weighted by molar-refractivity contribution is 7.46. The van der Waals surface area contributed by atoms with Crippen molar-refractivity contribution in [3.05, 3.63) is 12.7 Å². The predicted octanol–water partition coefficient (Wildman–Crippen LogP) is 1.88. The highest BCUT2D eigenvalue weighted by Crippen LogP contribution is 2.30. The van der Waals surface area contributed by atoms with Crippen LogP contribution in [-0.4, -0.2) is 9.79 Å². The minimum Gasteiger partial charge on any atom is -0.131 e. The van der Waals surface area contributed by atoms with Gasteiger partial charge in [0.1, 0.15) is 0 Å². The van der Waals surface area contributed by atoms with E-state index in [-0.39, 0.29) is 0 Å². The van der Waals surface area contributed by atoms with Crippen molar-refractivity contribution in [3.63, 3.8) is 0 Å². The highest BCUT2D eigenvalue weighted by Gasteiger charge is 2.31. The molecule has 0 fully saturated rings. The predicted molar refractivity (Wildman–Crippen MR) is 41.2 cm³/mol. The van der Waals surface area contributed by atoms with Crippen molar-refractivity contribution < 1.29 is 23.2 Å². The van der Waals surface area contributed by atoms with Crippen LogP contribution < -0.4 is 0 Å². The fraction of sp³-hybridized carbons (Fsp3) is 0.500. The molecule has 0 aliphatic carbocycles. The first-order chi connectivity index (χ1) is 5.04. The van der Waals surface area contributed by atoms with Gasteiger partial charge in [-0.2, -0.15) is 0 Å². The number of hydrogen-bond donors (Lipinski definition) is 2. The van der Waals surface area contributed by atoms with Crippen molar-refractivity contribution in [3.8, 4) is 0 Å². The average Bonchev–Trinajstić information content (AvgIpc) is 1.85. The third kappa shape index (κ3) is 25.8. The maximum atomic E-state index is 9.39. The SMILES string of the molecule is C=CCC.O=[P+](O)O[P+](=O)O. The molecule has 5 nitrogen and oxygen atoms in total. The summed E-state index contributed by atoms with van der Waals surface area (Å²) in [6.45, 7) is 5.54. The van der Waals surface area contributed by atoms with Gasteiger partial charge in [-0.05, 0) is 6.42 Å². The van der Waals surface area contributed by atoms with E-state index in [0.29, 0.717) is 0 Å². The van der Waals surface area contributed by atoms with E-state index in [2.05, 4.69) is 17.8 Å². The molecule has 0 saturated heterocycles. The van der Waals surface area contributed by atoms with Crippen molar-refractivity contribution in [2.45, 2.75) is 13.3 Å². The van der Waals surface area contributed by atoms with Crippen LogP contribution in [0.4, 0.5) is 0 Å². The summed E-state index contributed by atoms with van der Waals surface area (Å²) in [5, 5.41) is 0. The normalized spacial score (nSPS) is 10.8. The fourth-order valence-corrected chi connectivity index (χ4v) is 0.538. The van der Waals surface area contributed by atoms with E-state index in [0.717, 1.165) is 6.42 Å². The summed E-state index contributed by atoms with van der Waals surface area (Å²) in [5.74, 6) is 0. The molecule has 11 heavy (non-hydrogen) atoms. The third-order valence-corrected chi connectivity index (χ3v) is 1.55. The lowest BCUT2D eigenvalue weighted by atomic mass is 10.5. The Balaban J connectivity index is 0. The minimum absolute atomic E-state index is 1.08. The number of hydrogen-bond acceptors (Lipinski definition) is 3. The van der Waals surface area contributed by atoms with Gasteiger partial charge in [0, 0.05) is 9.13 Å². The molecule has 0 rings (SSSR count). The molecule has 2 atom stereocenters. The Morgan fingerprint density at radius 1 is 1.45 bits per heavy atom. The lowest BCUT2D eigenvalue weighted by Crippen LogP contribution is -1.58. The Labute approximate surface area is 66.6 Å². The first-order valence-electron chi connectivity index (χ1n) is 2.65. The molecule has 0 bridgehead atoms. The quantitative estimate of drug-likeness (QED) is 0.536. The number of allylic oxidation sites excluding steroid dienone is 1. The maximum Gasteiger partial charge on any atom is 0.745 e. The Kier molecular flexibility index (Phi) is 12.0. The van der Waals surface area contributed by atoms with E-state index in [1.807, 2.05) is 6.08 Å². The molecule has 7 heteroatoms. The fourth-order valence-electron chi connectivity index (χ4n) is 0.0598. The molecular formula is C4H10O5P2+2. The Morgan fingerprint density at radius 3 is 1.73 bits per heavy atom. The smallest absolute Gasteiger partial charge is 0.131 e. The second-order valence-electron chi connectivity index (χ2n) is 1.25. The summed E-state index contributed by atoms with van der Waals surface area (Å²) in [7, 11) is -5.85. The summed E-state index contributed by atoms with van der Waals surface area (Å²) in [6, 6.07) is 0. The van der Waals surface area contributed by atoms with Crippen LogP contribution >= 0.6 is 16.5 Å². The Bertz CT molecular complexity index is 133. The average molecular weight is 200 g/mol. The summed E-state index contributed by atoms with van der Waals surface area (Å²) < 4.78 is 22.2. The van der Waals surface area contributed by atoms with Gasteiger partial charge in [-0.1, -0.05) is 13.0 Å². The van der Waals surface area contributed by atoms with Crippen molar-refractivity contribution in [2.24, 2.45) is 0 Å². The van der Waals surface area contributed by atoms with Gasteiger partial charge < -0.3 is 0 Å². The van der Waals surface area contributed by atoms with Gasteiger partial charge in [0.2, 0.25) is 0 Å². The van der Waals surface area contributed by atoms with Crippen LogP contribution in [0.3, 0.4) is 0 Å². The zero-order chi connectivity index (χ0) is 9.28. The molecule has 0 heterocycles. The summed E-state index contributed by atoms with van der Waals surface area (Å²) >= 11 is 0. The molecule has 0 radical (unpaired) electrons. The van der Waals surface area contributed by atoms with Crippen LogP contribution in [0, 0.1) is 0 Å². The summed E-state index contributed by atoms with van der Waals surface area (Å²) in [5.41, 5.74) is 0. The van der Waals surface area contributed by atoms with Crippen LogP contribution in [0.1, 0.15) is 13.3 Å². The van der Waals surface area contributed by atoms with Gasteiger partial charge in [0.25, 0.3) is 0 Å². The molecule has 0 saturated carbocycles. The van der Waals surface area contributed by atoms with Crippen molar-refractivity contribution in [1.29, 1.82) is 0 Å². The molecule has 0 aliphatic heterocycles. The molecule has 0 amide bonds. The molecule has 2 unspecified atom stereocenters. The van der Waals surface area contributed by atoms with Crippen molar-refractivity contribution in [1.82, 2.24) is 0 Å². The van der Waals surface area contributed by atoms with Gasteiger partial charge in [0.05, 0.1) is 0 Å². The summed E-state index contributed by atoms with van der Waals surface area (Å²) in [4.78, 5) is 15.3. The van der Waals surface area contributed by atoms with Gasteiger partial charge in [-0.3, -0.25) is 0 Å².